The Kier molecular flexibility index (Phi) is 4.18. The Labute approximate surface area is 97.1 Å². The number of rotatable bonds is 5. The third-order valence-electron chi connectivity index (χ3n) is 3.32. The molecule has 4 heteroatoms. The fraction of sp³-hybridized carbons (Fsp3) is 0.917. The van der Waals surface area contributed by atoms with Crippen LogP contribution in [-0.2, 0) is 9.53 Å². The highest BCUT2D eigenvalue weighted by Crippen LogP contribution is 2.27. The zero-order chi connectivity index (χ0) is 11.4. The van der Waals surface area contributed by atoms with Gasteiger partial charge in [-0.3, -0.25) is 4.79 Å². The molecule has 0 radical (unpaired) electrons. The Bertz CT molecular complexity index is 241. The van der Waals surface area contributed by atoms with E-state index in [1.165, 1.54) is 12.8 Å². The second-order valence-electron chi connectivity index (χ2n) is 5.03. The zero-order valence-corrected chi connectivity index (χ0v) is 10.00. The summed E-state index contributed by atoms with van der Waals surface area (Å²) in [7, 11) is 0. The van der Waals surface area contributed by atoms with Crippen molar-refractivity contribution in [3.05, 3.63) is 0 Å². The Morgan fingerprint density at radius 3 is 2.88 bits per heavy atom. The van der Waals surface area contributed by atoms with Crippen molar-refractivity contribution >= 4 is 5.91 Å². The van der Waals surface area contributed by atoms with Crippen LogP contribution >= 0.6 is 0 Å². The lowest BCUT2D eigenvalue weighted by molar-refractivity contribution is -0.120. The Hall–Kier alpha value is -0.610. The van der Waals surface area contributed by atoms with Crippen LogP contribution in [0.5, 0.6) is 0 Å². The first-order chi connectivity index (χ1) is 7.74. The van der Waals surface area contributed by atoms with Crippen molar-refractivity contribution < 1.29 is 9.53 Å². The molecule has 0 spiro atoms. The Balaban J connectivity index is 1.56. The van der Waals surface area contributed by atoms with Gasteiger partial charge in [0.1, 0.15) is 0 Å². The third kappa shape index (κ3) is 4.10. The molecule has 2 fully saturated rings. The molecule has 0 aromatic rings. The number of carbonyl (C=O) groups is 1. The first-order valence-electron chi connectivity index (χ1n) is 6.35. The summed E-state index contributed by atoms with van der Waals surface area (Å²) in [4.78, 5) is 11.5. The van der Waals surface area contributed by atoms with E-state index in [9.17, 15) is 4.79 Å². The zero-order valence-electron chi connectivity index (χ0n) is 10.00. The molecule has 2 unspecified atom stereocenters. The van der Waals surface area contributed by atoms with Gasteiger partial charge in [-0.2, -0.15) is 0 Å². The van der Waals surface area contributed by atoms with Crippen molar-refractivity contribution in [2.45, 2.75) is 44.8 Å². The van der Waals surface area contributed by atoms with Gasteiger partial charge in [-0.1, -0.05) is 0 Å². The van der Waals surface area contributed by atoms with Gasteiger partial charge < -0.3 is 15.4 Å². The average molecular weight is 226 g/mol. The molecular formula is C12H22N2O2. The molecule has 2 aliphatic rings. The highest BCUT2D eigenvalue weighted by atomic mass is 16.5. The molecule has 1 aliphatic heterocycles. The summed E-state index contributed by atoms with van der Waals surface area (Å²) >= 11 is 0. The van der Waals surface area contributed by atoms with Crippen molar-refractivity contribution in [1.82, 2.24) is 10.6 Å². The molecule has 2 rings (SSSR count). The molecule has 1 saturated carbocycles. The van der Waals surface area contributed by atoms with Gasteiger partial charge in [0, 0.05) is 19.2 Å². The fourth-order valence-electron chi connectivity index (χ4n) is 2.06. The van der Waals surface area contributed by atoms with E-state index >= 15 is 0 Å². The van der Waals surface area contributed by atoms with Crippen LogP contribution in [0.15, 0.2) is 0 Å². The summed E-state index contributed by atoms with van der Waals surface area (Å²) < 4.78 is 5.46. The van der Waals surface area contributed by atoms with E-state index in [1.54, 1.807) is 0 Å². The first kappa shape index (κ1) is 11.9. The van der Waals surface area contributed by atoms with E-state index in [0.29, 0.717) is 18.7 Å². The predicted molar refractivity (Wildman–Crippen MR) is 62.2 cm³/mol. The molecule has 0 aromatic carbocycles. The number of nitrogens with one attached hydrogen (secondary N) is 2. The second-order valence-corrected chi connectivity index (χ2v) is 5.03. The monoisotopic (exact) mass is 226 g/mol. The van der Waals surface area contributed by atoms with E-state index in [-0.39, 0.29) is 5.91 Å². The first-order valence-corrected chi connectivity index (χ1v) is 6.35. The topological polar surface area (TPSA) is 50.4 Å². The molecule has 2 N–H and O–H groups in total. The second kappa shape index (κ2) is 5.64. The van der Waals surface area contributed by atoms with Crippen LogP contribution in [0.1, 0.15) is 32.6 Å². The summed E-state index contributed by atoms with van der Waals surface area (Å²) in [6, 6.07) is 0.440. The van der Waals surface area contributed by atoms with Crippen LogP contribution in [-0.4, -0.2) is 37.7 Å². The highest BCUT2D eigenvalue weighted by molar-refractivity contribution is 5.78. The summed E-state index contributed by atoms with van der Waals surface area (Å²) in [6.45, 7) is 4.21. The molecule has 92 valence electrons. The lowest BCUT2D eigenvalue weighted by Gasteiger charge is -2.27. The highest BCUT2D eigenvalue weighted by Gasteiger charge is 2.22. The van der Waals surface area contributed by atoms with Gasteiger partial charge in [-0.15, -0.1) is 0 Å². The number of hydrogen-bond donors (Lipinski definition) is 2. The molecule has 1 heterocycles. The standard InChI is InChI=1S/C12H22N2O2/c1-9-6-11(4-5-16-9)13-8-12(15)14-7-10-2-3-10/h9-11,13H,2-8H2,1H3,(H,14,15). The van der Waals surface area contributed by atoms with Gasteiger partial charge >= 0.3 is 0 Å². The van der Waals surface area contributed by atoms with Gasteiger partial charge in [-0.25, -0.2) is 0 Å². The Morgan fingerprint density at radius 2 is 2.19 bits per heavy atom. The molecular weight excluding hydrogens is 204 g/mol. The number of ether oxygens (including phenoxy) is 1. The maximum absolute atomic E-state index is 11.5. The number of amides is 1. The molecule has 1 saturated heterocycles. The molecule has 0 bridgehead atoms. The molecule has 0 aromatic heterocycles. The van der Waals surface area contributed by atoms with E-state index in [0.717, 1.165) is 31.9 Å². The fourth-order valence-corrected chi connectivity index (χ4v) is 2.06. The summed E-state index contributed by atoms with van der Waals surface area (Å²) in [6.07, 6.45) is 4.91. The summed E-state index contributed by atoms with van der Waals surface area (Å²) in [5, 5.41) is 6.27. The van der Waals surface area contributed by atoms with Gasteiger partial charge in [0.05, 0.1) is 12.6 Å². The molecule has 1 amide bonds. The maximum Gasteiger partial charge on any atom is 0.233 e. The summed E-state index contributed by atoms with van der Waals surface area (Å²) in [5.74, 6) is 0.887. The Morgan fingerprint density at radius 1 is 1.38 bits per heavy atom. The van der Waals surface area contributed by atoms with Crippen LogP contribution in [0.4, 0.5) is 0 Å². The van der Waals surface area contributed by atoms with Crippen molar-refractivity contribution in [2.24, 2.45) is 5.92 Å². The molecule has 2 atom stereocenters. The lowest BCUT2D eigenvalue weighted by Crippen LogP contribution is -2.43. The summed E-state index contributed by atoms with van der Waals surface area (Å²) in [5.41, 5.74) is 0. The maximum atomic E-state index is 11.5. The predicted octanol–water partition coefficient (Wildman–Crippen LogP) is 0.670. The third-order valence-corrected chi connectivity index (χ3v) is 3.32. The van der Waals surface area contributed by atoms with E-state index in [2.05, 4.69) is 17.6 Å². The van der Waals surface area contributed by atoms with Crippen LogP contribution in [0.2, 0.25) is 0 Å². The van der Waals surface area contributed by atoms with E-state index in [1.807, 2.05) is 0 Å². The van der Waals surface area contributed by atoms with Crippen molar-refractivity contribution in [3.63, 3.8) is 0 Å². The minimum Gasteiger partial charge on any atom is -0.378 e. The number of carbonyl (C=O) groups excluding carboxylic acids is 1. The average Bonchev–Trinajstić information content (AvgIpc) is 3.07. The van der Waals surface area contributed by atoms with Crippen LogP contribution in [0.3, 0.4) is 0 Å². The smallest absolute Gasteiger partial charge is 0.233 e. The van der Waals surface area contributed by atoms with Crippen molar-refractivity contribution in [3.8, 4) is 0 Å². The van der Waals surface area contributed by atoms with Crippen LogP contribution < -0.4 is 10.6 Å². The normalized spacial score (nSPS) is 30.1. The van der Waals surface area contributed by atoms with Gasteiger partial charge in [0.2, 0.25) is 5.91 Å². The molecule has 16 heavy (non-hydrogen) atoms. The van der Waals surface area contributed by atoms with Crippen LogP contribution in [0, 0.1) is 5.92 Å². The van der Waals surface area contributed by atoms with Crippen molar-refractivity contribution in [1.29, 1.82) is 0 Å². The van der Waals surface area contributed by atoms with Gasteiger partial charge in [-0.05, 0) is 38.5 Å². The largest absolute Gasteiger partial charge is 0.378 e. The minimum absolute atomic E-state index is 0.131. The molecule has 1 aliphatic carbocycles. The lowest BCUT2D eigenvalue weighted by atomic mass is 10.0. The van der Waals surface area contributed by atoms with E-state index < -0.39 is 0 Å². The van der Waals surface area contributed by atoms with Gasteiger partial charge in [0.15, 0.2) is 0 Å². The minimum atomic E-state index is 0.131. The van der Waals surface area contributed by atoms with Crippen LogP contribution in [0.25, 0.3) is 0 Å². The quantitative estimate of drug-likeness (QED) is 0.724. The SMILES string of the molecule is CC1CC(NCC(=O)NCC2CC2)CCO1. The van der Waals surface area contributed by atoms with E-state index in [4.69, 9.17) is 4.74 Å². The molecule has 4 nitrogen and oxygen atoms in total. The van der Waals surface area contributed by atoms with Gasteiger partial charge in [0.25, 0.3) is 0 Å². The van der Waals surface area contributed by atoms with Crippen molar-refractivity contribution in [2.75, 3.05) is 19.7 Å². The number of hydrogen-bond acceptors (Lipinski definition) is 3.